The van der Waals surface area contributed by atoms with Crippen molar-refractivity contribution in [1.82, 2.24) is 20.9 Å². The van der Waals surface area contributed by atoms with E-state index in [2.05, 4.69) is 29.8 Å². The molecule has 2 saturated heterocycles. The van der Waals surface area contributed by atoms with E-state index in [0.29, 0.717) is 25.3 Å². The molecule has 4 amide bonds. The lowest BCUT2D eigenvalue weighted by atomic mass is 9.94. The molecule has 1 aromatic rings. The summed E-state index contributed by atoms with van der Waals surface area (Å²) in [5, 5.41) is 8.21. The lowest BCUT2D eigenvalue weighted by Gasteiger charge is -2.33. The van der Waals surface area contributed by atoms with Crippen molar-refractivity contribution in [3.05, 3.63) is 30.3 Å². The quantitative estimate of drug-likeness (QED) is 0.388. The van der Waals surface area contributed by atoms with Crippen molar-refractivity contribution in [2.24, 2.45) is 23.2 Å². The van der Waals surface area contributed by atoms with Gasteiger partial charge in [-0.2, -0.15) is 0 Å². The van der Waals surface area contributed by atoms with E-state index in [4.69, 9.17) is 4.74 Å². The third-order valence-corrected chi connectivity index (χ3v) is 8.62. The van der Waals surface area contributed by atoms with Crippen LogP contribution in [0.3, 0.4) is 0 Å². The van der Waals surface area contributed by atoms with E-state index in [1.807, 2.05) is 18.2 Å². The summed E-state index contributed by atoms with van der Waals surface area (Å²) in [6, 6.07) is 7.07. The number of fused-ring (bicyclic) bond motifs is 1. The minimum Gasteiger partial charge on any atom is -0.481 e. The highest BCUT2D eigenvalue weighted by Gasteiger charge is 2.69. The van der Waals surface area contributed by atoms with Crippen LogP contribution in [-0.2, 0) is 24.0 Å². The third-order valence-electron chi connectivity index (χ3n) is 8.62. The van der Waals surface area contributed by atoms with Crippen LogP contribution < -0.4 is 20.7 Å². The van der Waals surface area contributed by atoms with Crippen LogP contribution in [0, 0.1) is 23.2 Å². The summed E-state index contributed by atoms with van der Waals surface area (Å²) in [6.07, 6.45) is 1.41. The van der Waals surface area contributed by atoms with Gasteiger partial charge in [0.1, 0.15) is 11.8 Å². The van der Waals surface area contributed by atoms with Gasteiger partial charge in [-0.15, -0.1) is 0 Å². The molecule has 4 aliphatic rings. The number of Topliss-reactive ketones (excluding diaryl/α,β-unsaturated/α-hetero) is 1. The molecule has 3 N–H and O–H groups in total. The Labute approximate surface area is 222 Å². The molecule has 0 radical (unpaired) electrons. The van der Waals surface area contributed by atoms with Crippen LogP contribution >= 0.6 is 0 Å². The molecule has 2 heterocycles. The molecule has 2 aliphatic heterocycles. The van der Waals surface area contributed by atoms with Crippen molar-refractivity contribution in [3.63, 3.8) is 0 Å². The van der Waals surface area contributed by atoms with Gasteiger partial charge in [-0.25, -0.2) is 0 Å². The van der Waals surface area contributed by atoms with Gasteiger partial charge in [-0.3, -0.25) is 24.0 Å². The second-order valence-electron chi connectivity index (χ2n) is 11.6. The maximum atomic E-state index is 13.8. The van der Waals surface area contributed by atoms with Crippen LogP contribution in [0.1, 0.15) is 46.5 Å². The Balaban J connectivity index is 1.32. The Kier molecular flexibility index (Phi) is 6.92. The van der Waals surface area contributed by atoms with Crippen LogP contribution in [-0.4, -0.2) is 71.6 Å². The lowest BCUT2D eigenvalue weighted by Crippen LogP contribution is -2.57. The molecule has 0 bridgehead atoms. The number of rotatable bonds is 10. The summed E-state index contributed by atoms with van der Waals surface area (Å²) >= 11 is 0. The van der Waals surface area contributed by atoms with Gasteiger partial charge in [0.05, 0.1) is 6.04 Å². The molecule has 204 valence electrons. The number of hydrogen-bond donors (Lipinski definition) is 3. The highest BCUT2D eigenvalue weighted by molar-refractivity contribution is 6.38. The Bertz CT molecular complexity index is 1130. The Morgan fingerprint density at radius 1 is 1.13 bits per heavy atom. The molecule has 4 fully saturated rings. The molecule has 10 heteroatoms. The van der Waals surface area contributed by atoms with E-state index in [0.717, 1.165) is 12.8 Å². The zero-order valence-corrected chi connectivity index (χ0v) is 22.1. The van der Waals surface area contributed by atoms with E-state index < -0.39 is 41.7 Å². The number of para-hydroxylation sites is 1. The summed E-state index contributed by atoms with van der Waals surface area (Å²) in [5.74, 6) is -2.29. The van der Waals surface area contributed by atoms with Crippen molar-refractivity contribution in [1.29, 1.82) is 0 Å². The first-order valence-corrected chi connectivity index (χ1v) is 13.5. The van der Waals surface area contributed by atoms with Gasteiger partial charge < -0.3 is 25.6 Å². The monoisotopic (exact) mass is 524 g/mol. The van der Waals surface area contributed by atoms with E-state index in [1.54, 1.807) is 24.0 Å². The summed E-state index contributed by atoms with van der Waals surface area (Å²) in [6.45, 7) is 6.72. The second kappa shape index (κ2) is 10.0. The predicted molar refractivity (Wildman–Crippen MR) is 137 cm³/mol. The number of piperidine rings is 1. The predicted octanol–water partition coefficient (Wildman–Crippen LogP) is 0.796. The van der Waals surface area contributed by atoms with E-state index >= 15 is 0 Å². The topological polar surface area (TPSA) is 134 Å². The summed E-state index contributed by atoms with van der Waals surface area (Å²) in [7, 11) is 0. The molecule has 5 rings (SSSR count). The third kappa shape index (κ3) is 5.13. The van der Waals surface area contributed by atoms with E-state index in [9.17, 15) is 24.0 Å². The Hall–Kier alpha value is -3.43. The Morgan fingerprint density at radius 3 is 2.47 bits per heavy atom. The van der Waals surface area contributed by atoms with Crippen molar-refractivity contribution in [3.8, 4) is 5.75 Å². The van der Waals surface area contributed by atoms with Crippen LogP contribution in [0.5, 0.6) is 5.75 Å². The van der Waals surface area contributed by atoms with Crippen LogP contribution in [0.15, 0.2) is 30.3 Å². The summed E-state index contributed by atoms with van der Waals surface area (Å²) in [4.78, 5) is 66.8. The maximum absolute atomic E-state index is 13.8. The molecule has 2 aliphatic carbocycles. The van der Waals surface area contributed by atoms with Crippen LogP contribution in [0.4, 0.5) is 0 Å². The van der Waals surface area contributed by atoms with Gasteiger partial charge >= 0.3 is 0 Å². The van der Waals surface area contributed by atoms with Crippen molar-refractivity contribution in [2.75, 3.05) is 13.1 Å². The lowest BCUT2D eigenvalue weighted by molar-refractivity contribution is -0.146. The first-order chi connectivity index (χ1) is 18.1. The molecule has 2 saturated carbocycles. The highest BCUT2D eigenvalue weighted by atomic mass is 16.5. The fourth-order valence-electron chi connectivity index (χ4n) is 6.09. The van der Waals surface area contributed by atoms with Crippen molar-refractivity contribution in [2.45, 2.75) is 70.7 Å². The molecule has 0 aromatic heterocycles. The Morgan fingerprint density at radius 2 is 1.84 bits per heavy atom. The van der Waals surface area contributed by atoms with E-state index in [1.165, 1.54) is 0 Å². The first-order valence-electron chi connectivity index (χ1n) is 13.5. The smallest absolute Gasteiger partial charge is 0.289 e. The number of amides is 4. The standard InChI is InChI=1S/C28H36N4O6/c1-15(38-18-7-5-4-6-8-18)27(37)32-14-19-21(28(19,2)3)22(32)25(35)31-20(13-16-11-12-29-24(16)34)23(33)26(36)30-17-9-10-17/h4-8,15-17,19-22H,9-14H2,1-3H3,(H,29,34)(H,30,36)(H,31,35)/t15-,16+,19+,20+,21+,22+/m1/s1. The summed E-state index contributed by atoms with van der Waals surface area (Å²) in [5.41, 5.74) is -0.128. The number of hydrogen-bond acceptors (Lipinski definition) is 6. The maximum Gasteiger partial charge on any atom is 0.289 e. The zero-order valence-electron chi connectivity index (χ0n) is 22.1. The average Bonchev–Trinajstić information content (AvgIpc) is 3.65. The SMILES string of the molecule is C[C@@H](Oc1ccccc1)C(=O)N1C[C@H]2[C@@H]([C@H]1C(=O)N[C@@H](C[C@@H]1CCNC1=O)C(=O)C(=O)NC1CC1)C2(C)C. The number of carbonyl (C=O) groups is 5. The highest BCUT2D eigenvalue weighted by Crippen LogP contribution is 2.64. The van der Waals surface area contributed by atoms with Crippen LogP contribution in [0.2, 0.25) is 0 Å². The fraction of sp³-hybridized carbons (Fsp3) is 0.607. The number of likely N-dealkylation sites (tertiary alicyclic amines) is 1. The normalized spacial score (nSPS) is 28.5. The molecule has 10 nitrogen and oxygen atoms in total. The van der Waals surface area contributed by atoms with Gasteiger partial charge in [0.15, 0.2) is 6.10 Å². The fourth-order valence-corrected chi connectivity index (χ4v) is 6.09. The molecule has 0 spiro atoms. The van der Waals surface area contributed by atoms with Crippen molar-refractivity contribution < 1.29 is 28.7 Å². The van der Waals surface area contributed by atoms with Gasteiger partial charge in [-0.1, -0.05) is 32.0 Å². The molecule has 38 heavy (non-hydrogen) atoms. The minimum absolute atomic E-state index is 0.0142. The molecular formula is C28H36N4O6. The number of nitrogens with zero attached hydrogens (tertiary/aromatic N) is 1. The number of carbonyl (C=O) groups excluding carboxylic acids is 5. The molecule has 0 unspecified atom stereocenters. The van der Waals surface area contributed by atoms with Gasteiger partial charge in [0.25, 0.3) is 11.8 Å². The number of benzene rings is 1. The number of ether oxygens (including phenoxy) is 1. The zero-order chi connectivity index (χ0) is 27.2. The van der Waals surface area contributed by atoms with Gasteiger partial charge in [-0.05, 0) is 62.0 Å². The molecular weight excluding hydrogens is 488 g/mol. The molecule has 6 atom stereocenters. The first kappa shape index (κ1) is 26.2. The van der Waals surface area contributed by atoms with Gasteiger partial charge in [0, 0.05) is 25.0 Å². The minimum atomic E-state index is -1.15. The van der Waals surface area contributed by atoms with Crippen LogP contribution in [0.25, 0.3) is 0 Å². The molecule has 1 aromatic carbocycles. The average molecular weight is 525 g/mol. The second-order valence-corrected chi connectivity index (χ2v) is 11.6. The largest absolute Gasteiger partial charge is 0.481 e. The van der Waals surface area contributed by atoms with E-state index in [-0.39, 0.29) is 41.5 Å². The number of nitrogens with one attached hydrogen (secondary N) is 3. The number of ketones is 1. The van der Waals surface area contributed by atoms with Crippen molar-refractivity contribution >= 4 is 29.4 Å². The van der Waals surface area contributed by atoms with Gasteiger partial charge in [0.2, 0.25) is 17.6 Å². The summed E-state index contributed by atoms with van der Waals surface area (Å²) < 4.78 is 5.84.